The number of nitrogens with one attached hydrogen (secondary N) is 2. The molecule has 5 heteroatoms. The Bertz CT molecular complexity index is 428. The Balaban J connectivity index is 1.72. The van der Waals surface area contributed by atoms with Gasteiger partial charge >= 0.3 is 6.03 Å². The lowest BCUT2D eigenvalue weighted by Gasteiger charge is -2.13. The molecular formula is C16H24N2O3. The molecular weight excluding hydrogens is 268 g/mol. The van der Waals surface area contributed by atoms with Crippen LogP contribution in [0.4, 0.5) is 10.5 Å². The quantitative estimate of drug-likeness (QED) is 0.759. The van der Waals surface area contributed by atoms with Crippen LogP contribution in [-0.2, 0) is 4.74 Å². The number of methoxy groups -OCH3 is 1. The summed E-state index contributed by atoms with van der Waals surface area (Å²) < 4.78 is 10.8. The second-order valence-corrected chi connectivity index (χ2v) is 5.28. The first-order valence-corrected chi connectivity index (χ1v) is 7.58. The van der Waals surface area contributed by atoms with E-state index < -0.39 is 0 Å². The Kier molecular flexibility index (Phi) is 6.34. The topological polar surface area (TPSA) is 59.6 Å². The summed E-state index contributed by atoms with van der Waals surface area (Å²) in [5.41, 5.74) is 0.762. The van der Waals surface area contributed by atoms with Crippen molar-refractivity contribution in [1.82, 2.24) is 5.32 Å². The number of benzene rings is 1. The summed E-state index contributed by atoms with van der Waals surface area (Å²) in [6.07, 6.45) is 5.96. The van der Waals surface area contributed by atoms with Crippen molar-refractivity contribution in [1.29, 1.82) is 0 Å². The minimum absolute atomic E-state index is 0.199. The van der Waals surface area contributed by atoms with Crippen molar-refractivity contribution >= 4 is 11.7 Å². The van der Waals surface area contributed by atoms with Crippen LogP contribution in [0, 0.1) is 0 Å². The predicted molar refractivity (Wildman–Crippen MR) is 82.8 cm³/mol. The van der Waals surface area contributed by atoms with Gasteiger partial charge < -0.3 is 20.1 Å². The van der Waals surface area contributed by atoms with E-state index in [0.717, 1.165) is 30.7 Å². The third kappa shape index (κ3) is 5.63. The number of rotatable bonds is 7. The standard InChI is InChI=1S/C16H24N2O3/c1-20-12-4-11-17-16(19)18-13-7-9-15(10-8-13)21-14-5-2-3-6-14/h7-10,14H,2-6,11-12H2,1H3,(H2,17,18,19). The summed E-state index contributed by atoms with van der Waals surface area (Å²) in [6.45, 7) is 1.25. The van der Waals surface area contributed by atoms with Crippen LogP contribution in [0.2, 0.25) is 0 Å². The normalized spacial score (nSPS) is 14.9. The summed E-state index contributed by atoms with van der Waals surface area (Å²) in [5.74, 6) is 0.868. The molecule has 0 aromatic heterocycles. The number of urea groups is 1. The van der Waals surface area contributed by atoms with Gasteiger partial charge in [0.15, 0.2) is 0 Å². The van der Waals surface area contributed by atoms with Gasteiger partial charge in [0.1, 0.15) is 5.75 Å². The van der Waals surface area contributed by atoms with Gasteiger partial charge in [-0.05, 0) is 56.4 Å². The van der Waals surface area contributed by atoms with E-state index in [-0.39, 0.29) is 6.03 Å². The average Bonchev–Trinajstić information content (AvgIpc) is 2.99. The SMILES string of the molecule is COCCCNC(=O)Nc1ccc(OC2CCCC2)cc1. The number of amides is 2. The molecule has 2 amide bonds. The maximum atomic E-state index is 11.6. The first-order valence-electron chi connectivity index (χ1n) is 7.58. The van der Waals surface area contributed by atoms with E-state index in [1.807, 2.05) is 24.3 Å². The van der Waals surface area contributed by atoms with E-state index in [4.69, 9.17) is 9.47 Å². The molecule has 1 aromatic rings. The molecule has 0 radical (unpaired) electrons. The highest BCUT2D eigenvalue weighted by molar-refractivity contribution is 5.89. The molecule has 1 saturated carbocycles. The zero-order valence-corrected chi connectivity index (χ0v) is 12.6. The molecule has 2 N–H and O–H groups in total. The highest BCUT2D eigenvalue weighted by atomic mass is 16.5. The summed E-state index contributed by atoms with van der Waals surface area (Å²) in [7, 11) is 1.65. The monoisotopic (exact) mass is 292 g/mol. The average molecular weight is 292 g/mol. The van der Waals surface area contributed by atoms with Crippen LogP contribution in [0.1, 0.15) is 32.1 Å². The highest BCUT2D eigenvalue weighted by Gasteiger charge is 2.16. The molecule has 5 nitrogen and oxygen atoms in total. The van der Waals surface area contributed by atoms with Gasteiger partial charge in [-0.3, -0.25) is 0 Å². The van der Waals surface area contributed by atoms with Gasteiger partial charge in [-0.2, -0.15) is 0 Å². The fourth-order valence-corrected chi connectivity index (χ4v) is 2.41. The number of anilines is 1. The molecule has 1 aliphatic carbocycles. The Morgan fingerprint density at radius 2 is 1.95 bits per heavy atom. The molecule has 0 unspecified atom stereocenters. The van der Waals surface area contributed by atoms with Crippen molar-refractivity contribution in [2.75, 3.05) is 25.6 Å². The largest absolute Gasteiger partial charge is 0.490 e. The third-order valence-corrected chi connectivity index (χ3v) is 3.53. The number of hydrogen-bond acceptors (Lipinski definition) is 3. The maximum Gasteiger partial charge on any atom is 0.319 e. The summed E-state index contributed by atoms with van der Waals surface area (Å²) in [4.78, 5) is 11.6. The highest BCUT2D eigenvalue weighted by Crippen LogP contribution is 2.24. The van der Waals surface area contributed by atoms with Crippen LogP contribution in [-0.4, -0.2) is 32.4 Å². The van der Waals surface area contributed by atoms with Gasteiger partial charge in [-0.15, -0.1) is 0 Å². The second-order valence-electron chi connectivity index (χ2n) is 5.28. The van der Waals surface area contributed by atoms with Crippen molar-refractivity contribution in [3.8, 4) is 5.75 Å². The minimum Gasteiger partial charge on any atom is -0.490 e. The molecule has 0 spiro atoms. The first-order chi connectivity index (χ1) is 10.3. The molecule has 0 aliphatic heterocycles. The summed E-state index contributed by atoms with van der Waals surface area (Å²) in [5, 5.41) is 5.57. The molecule has 0 heterocycles. The van der Waals surface area contributed by atoms with Crippen LogP contribution >= 0.6 is 0 Å². The Morgan fingerprint density at radius 3 is 2.62 bits per heavy atom. The van der Waals surface area contributed by atoms with E-state index in [9.17, 15) is 4.79 Å². The van der Waals surface area contributed by atoms with Crippen LogP contribution in [0.3, 0.4) is 0 Å². The fraction of sp³-hybridized carbons (Fsp3) is 0.562. The lowest BCUT2D eigenvalue weighted by Crippen LogP contribution is -2.30. The zero-order chi connectivity index (χ0) is 14.9. The van der Waals surface area contributed by atoms with E-state index in [1.54, 1.807) is 7.11 Å². The first kappa shape index (κ1) is 15.6. The molecule has 1 aliphatic rings. The van der Waals surface area contributed by atoms with Crippen LogP contribution < -0.4 is 15.4 Å². The van der Waals surface area contributed by atoms with Gasteiger partial charge in [-0.25, -0.2) is 4.79 Å². The molecule has 0 atom stereocenters. The van der Waals surface area contributed by atoms with Crippen LogP contribution in [0.15, 0.2) is 24.3 Å². The minimum atomic E-state index is -0.199. The smallest absolute Gasteiger partial charge is 0.319 e. The fourth-order valence-electron chi connectivity index (χ4n) is 2.41. The molecule has 0 saturated heterocycles. The van der Waals surface area contributed by atoms with Crippen molar-refractivity contribution in [3.05, 3.63) is 24.3 Å². The van der Waals surface area contributed by atoms with E-state index in [0.29, 0.717) is 19.3 Å². The Labute approximate surface area is 126 Å². The number of carbonyl (C=O) groups is 1. The van der Waals surface area contributed by atoms with Crippen molar-refractivity contribution in [2.45, 2.75) is 38.2 Å². The van der Waals surface area contributed by atoms with E-state index in [2.05, 4.69) is 10.6 Å². The lowest BCUT2D eigenvalue weighted by atomic mass is 10.3. The van der Waals surface area contributed by atoms with E-state index in [1.165, 1.54) is 12.8 Å². The second kappa shape index (κ2) is 8.52. The van der Waals surface area contributed by atoms with Crippen molar-refractivity contribution in [2.24, 2.45) is 0 Å². The molecule has 2 rings (SSSR count). The summed E-state index contributed by atoms with van der Waals surface area (Å²) in [6, 6.07) is 7.33. The van der Waals surface area contributed by atoms with Gasteiger partial charge in [0.2, 0.25) is 0 Å². The third-order valence-electron chi connectivity index (χ3n) is 3.53. The van der Waals surface area contributed by atoms with Gasteiger partial charge in [0, 0.05) is 25.9 Å². The van der Waals surface area contributed by atoms with Crippen molar-refractivity contribution < 1.29 is 14.3 Å². The lowest BCUT2D eigenvalue weighted by molar-refractivity contribution is 0.194. The number of hydrogen-bond donors (Lipinski definition) is 2. The molecule has 1 fully saturated rings. The molecule has 0 bridgehead atoms. The number of ether oxygens (including phenoxy) is 2. The molecule has 1 aromatic carbocycles. The van der Waals surface area contributed by atoms with Crippen molar-refractivity contribution in [3.63, 3.8) is 0 Å². The van der Waals surface area contributed by atoms with Crippen LogP contribution in [0.5, 0.6) is 5.75 Å². The molecule has 21 heavy (non-hydrogen) atoms. The van der Waals surface area contributed by atoms with Gasteiger partial charge in [-0.1, -0.05) is 0 Å². The maximum absolute atomic E-state index is 11.6. The Hall–Kier alpha value is -1.75. The van der Waals surface area contributed by atoms with Crippen LogP contribution in [0.25, 0.3) is 0 Å². The van der Waals surface area contributed by atoms with Gasteiger partial charge in [0.25, 0.3) is 0 Å². The Morgan fingerprint density at radius 1 is 1.24 bits per heavy atom. The molecule has 116 valence electrons. The van der Waals surface area contributed by atoms with E-state index >= 15 is 0 Å². The zero-order valence-electron chi connectivity index (χ0n) is 12.6. The van der Waals surface area contributed by atoms with Gasteiger partial charge in [0.05, 0.1) is 6.10 Å². The number of carbonyl (C=O) groups excluding carboxylic acids is 1. The summed E-state index contributed by atoms with van der Waals surface area (Å²) >= 11 is 0. The predicted octanol–water partition coefficient (Wildman–Crippen LogP) is 3.17.